The van der Waals surface area contributed by atoms with Crippen LogP contribution < -0.4 is 0 Å². The van der Waals surface area contributed by atoms with Crippen molar-refractivity contribution in [3.8, 4) is 64.7 Å². The van der Waals surface area contributed by atoms with Gasteiger partial charge in [-0.1, -0.05) is 18.2 Å². The van der Waals surface area contributed by atoms with Gasteiger partial charge in [0.1, 0.15) is 0 Å². The molecule has 0 atom stereocenters. The topological polar surface area (TPSA) is 0 Å². The van der Waals surface area contributed by atoms with Crippen molar-refractivity contribution >= 4 is 68.0 Å². The lowest BCUT2D eigenvalue weighted by Gasteiger charge is -2.12. The molecule has 0 saturated carbocycles. The molecule has 0 N–H and O–H groups in total. The molecular weight excluding hydrogens is 553 g/mol. The van der Waals surface area contributed by atoms with E-state index in [4.69, 9.17) is 0 Å². The lowest BCUT2D eigenvalue weighted by atomic mass is 9.92. The summed E-state index contributed by atoms with van der Waals surface area (Å²) in [6.45, 7) is 0. The van der Waals surface area contributed by atoms with Gasteiger partial charge in [-0.2, -0.15) is 34.0 Å². The van der Waals surface area contributed by atoms with Crippen LogP contribution in [0.4, 0.5) is 0 Å². The Hall–Kier alpha value is -2.58. The normalized spacial score (nSPS) is 11.3. The molecule has 6 heterocycles. The van der Waals surface area contributed by atoms with Crippen molar-refractivity contribution in [3.63, 3.8) is 0 Å². The molecule has 0 fully saturated rings. The maximum atomic E-state index is 2.39. The van der Waals surface area contributed by atoms with Gasteiger partial charge in [0.15, 0.2) is 0 Å². The Morgan fingerprint density at radius 1 is 0.361 bits per heavy atom. The second-order valence-electron chi connectivity index (χ2n) is 8.33. The second-order valence-corrected chi connectivity index (χ2v) is 13.4. The van der Waals surface area contributed by atoms with Crippen LogP contribution >= 0.6 is 68.0 Å². The highest BCUT2D eigenvalue weighted by molar-refractivity contribution is 7.15. The molecule has 0 aliphatic rings. The summed E-state index contributed by atoms with van der Waals surface area (Å²) >= 11 is 10.8. The summed E-state index contributed by atoms with van der Waals surface area (Å²) in [6, 6.07) is 20.3. The Balaban J connectivity index is 1.45. The molecule has 36 heavy (non-hydrogen) atoms. The number of rotatable bonds is 6. The van der Waals surface area contributed by atoms with E-state index < -0.39 is 0 Å². The van der Waals surface area contributed by atoms with Gasteiger partial charge >= 0.3 is 0 Å². The molecule has 6 heteroatoms. The van der Waals surface area contributed by atoms with Crippen LogP contribution in [0.3, 0.4) is 0 Å². The van der Waals surface area contributed by atoms with E-state index in [1.54, 1.807) is 34.0 Å². The summed E-state index contributed by atoms with van der Waals surface area (Å²) in [5.41, 5.74) is 11.7. The maximum Gasteiger partial charge on any atom is 0.0357 e. The zero-order valence-electron chi connectivity index (χ0n) is 18.8. The zero-order valence-corrected chi connectivity index (χ0v) is 23.7. The van der Waals surface area contributed by atoms with Crippen molar-refractivity contribution in [2.24, 2.45) is 0 Å². The van der Waals surface area contributed by atoms with Gasteiger partial charge in [-0.3, -0.25) is 0 Å². The van der Waals surface area contributed by atoms with Gasteiger partial charge in [-0.15, -0.1) is 34.0 Å². The van der Waals surface area contributed by atoms with Crippen LogP contribution in [0, 0.1) is 0 Å². The van der Waals surface area contributed by atoms with E-state index in [0.717, 1.165) is 0 Å². The lowest BCUT2D eigenvalue weighted by Crippen LogP contribution is -1.87. The Morgan fingerprint density at radius 2 is 0.667 bits per heavy atom. The third-order valence-corrected chi connectivity index (χ3v) is 11.2. The van der Waals surface area contributed by atoms with Gasteiger partial charge in [-0.25, -0.2) is 0 Å². The molecule has 0 aliphatic carbocycles. The summed E-state index contributed by atoms with van der Waals surface area (Å²) in [6.07, 6.45) is 0. The van der Waals surface area contributed by atoms with Gasteiger partial charge in [-0.05, 0) is 102 Å². The van der Waals surface area contributed by atoms with Gasteiger partial charge in [0, 0.05) is 48.0 Å². The molecule has 0 unspecified atom stereocenters. The smallest absolute Gasteiger partial charge is 0.0357 e. The fourth-order valence-electron chi connectivity index (χ4n) is 4.52. The minimum absolute atomic E-state index is 1.28. The highest BCUT2D eigenvalue weighted by Gasteiger charge is 2.18. The molecule has 174 valence electrons. The molecule has 7 aromatic rings. The largest absolute Gasteiger partial charge is 0.151 e. The van der Waals surface area contributed by atoms with Crippen LogP contribution in [0.15, 0.2) is 103 Å². The first-order valence-corrected chi connectivity index (χ1v) is 16.8. The Labute approximate surface area is 234 Å². The third-order valence-electron chi connectivity index (χ3n) is 6.21. The van der Waals surface area contributed by atoms with Crippen molar-refractivity contribution in [1.82, 2.24) is 0 Å². The van der Waals surface area contributed by atoms with E-state index in [1.165, 1.54) is 64.7 Å². The monoisotopic (exact) mass is 570 g/mol. The summed E-state index contributed by atoms with van der Waals surface area (Å²) < 4.78 is 0. The van der Waals surface area contributed by atoms with Gasteiger partial charge in [0.25, 0.3) is 0 Å². The van der Waals surface area contributed by atoms with Crippen molar-refractivity contribution < 1.29 is 0 Å². The van der Waals surface area contributed by atoms with Crippen molar-refractivity contribution in [3.05, 3.63) is 103 Å². The fourth-order valence-corrected chi connectivity index (χ4v) is 9.59. The summed E-state index contributed by atoms with van der Waals surface area (Å²) in [4.78, 5) is 3.97. The van der Waals surface area contributed by atoms with Crippen LogP contribution in [0.2, 0.25) is 0 Å². The highest BCUT2D eigenvalue weighted by Crippen LogP contribution is 2.45. The number of hydrogen-bond donors (Lipinski definition) is 0. The fraction of sp³-hybridized carbons (Fsp3) is 0. The molecule has 6 aromatic heterocycles. The first kappa shape index (κ1) is 22.6. The quantitative estimate of drug-likeness (QED) is 0.186. The average molecular weight is 571 g/mol. The average Bonchev–Trinajstić information content (AvgIpc) is 3.76. The SMILES string of the molecule is c1csc(-c2cscc2-c2cc(-c3cscc3-c3cccs3)cc(-c3cscc3-c3cccs3)c2)c1. The van der Waals surface area contributed by atoms with E-state index in [1.807, 2.05) is 34.0 Å². The van der Waals surface area contributed by atoms with E-state index >= 15 is 0 Å². The first-order valence-electron chi connectivity index (χ1n) is 11.3. The zero-order chi connectivity index (χ0) is 23.9. The van der Waals surface area contributed by atoms with Gasteiger partial charge < -0.3 is 0 Å². The number of benzene rings is 1. The van der Waals surface area contributed by atoms with Crippen molar-refractivity contribution in [1.29, 1.82) is 0 Å². The Bertz CT molecular complexity index is 1500. The van der Waals surface area contributed by atoms with Crippen LogP contribution in [0.25, 0.3) is 64.7 Å². The maximum absolute atomic E-state index is 2.39. The van der Waals surface area contributed by atoms with Crippen LogP contribution in [0.5, 0.6) is 0 Å². The minimum atomic E-state index is 1.28. The second kappa shape index (κ2) is 9.71. The third kappa shape index (κ3) is 4.08. The first-order chi connectivity index (χ1) is 17.8. The van der Waals surface area contributed by atoms with Crippen LogP contribution in [-0.2, 0) is 0 Å². The van der Waals surface area contributed by atoms with E-state index in [2.05, 4.69) is 103 Å². The van der Waals surface area contributed by atoms with Crippen LogP contribution in [-0.4, -0.2) is 0 Å². The molecule has 1 aromatic carbocycles. The lowest BCUT2D eigenvalue weighted by molar-refractivity contribution is 1.63. The van der Waals surface area contributed by atoms with E-state index in [9.17, 15) is 0 Å². The molecule has 0 nitrogen and oxygen atoms in total. The molecule has 0 spiro atoms. The summed E-state index contributed by atoms with van der Waals surface area (Å²) in [5, 5.41) is 20.3. The van der Waals surface area contributed by atoms with Gasteiger partial charge in [0.05, 0.1) is 0 Å². The Morgan fingerprint density at radius 3 is 0.944 bits per heavy atom. The highest BCUT2D eigenvalue weighted by atomic mass is 32.1. The molecule has 0 bridgehead atoms. The molecule has 0 saturated heterocycles. The molecular formula is C30H18S6. The molecule has 0 aliphatic heterocycles. The van der Waals surface area contributed by atoms with Crippen LogP contribution in [0.1, 0.15) is 0 Å². The van der Waals surface area contributed by atoms with Gasteiger partial charge in [0.2, 0.25) is 0 Å². The van der Waals surface area contributed by atoms with Crippen molar-refractivity contribution in [2.45, 2.75) is 0 Å². The number of hydrogen-bond acceptors (Lipinski definition) is 6. The predicted octanol–water partition coefficient (Wildman–Crippen LogP) is 12.1. The molecule has 7 rings (SSSR count). The van der Waals surface area contributed by atoms with E-state index in [-0.39, 0.29) is 0 Å². The summed E-state index contributed by atoms with van der Waals surface area (Å²) in [5.74, 6) is 0. The van der Waals surface area contributed by atoms with Crippen molar-refractivity contribution in [2.75, 3.05) is 0 Å². The predicted molar refractivity (Wildman–Crippen MR) is 166 cm³/mol. The van der Waals surface area contributed by atoms with E-state index in [0.29, 0.717) is 0 Å². The number of thiophene rings is 6. The molecule has 0 amide bonds. The standard InChI is InChI=1S/C30H18S6/c1-4-28(34-7-1)25-16-31-13-22(25)19-10-20(23-14-32-17-26(23)29-5-2-8-35-29)12-21(11-19)24-15-33-18-27(24)30-6-3-9-36-30/h1-18H. The Kier molecular flexibility index (Phi) is 6.10. The minimum Gasteiger partial charge on any atom is -0.151 e. The summed E-state index contributed by atoms with van der Waals surface area (Å²) in [7, 11) is 0. The molecule has 0 radical (unpaired) electrons.